The molecule has 0 heterocycles. The fourth-order valence-electron chi connectivity index (χ4n) is 2.53. The van der Waals surface area contributed by atoms with Gasteiger partial charge in [0.25, 0.3) is 0 Å². The SMILES string of the molecule is CCNC(=NCc1ccc(OCCO)c(OC)c1)NCc1ccc(OC)cc1.I. The average molecular weight is 515 g/mol. The van der Waals surface area contributed by atoms with Crippen LogP contribution in [0.5, 0.6) is 17.2 Å². The Hall–Kier alpha value is -2.20. The van der Waals surface area contributed by atoms with Gasteiger partial charge in [-0.15, -0.1) is 24.0 Å². The Balaban J connectivity index is 0.00000420. The van der Waals surface area contributed by atoms with Crippen LogP contribution >= 0.6 is 24.0 Å². The summed E-state index contributed by atoms with van der Waals surface area (Å²) in [4.78, 5) is 4.63. The molecule has 0 amide bonds. The molecule has 0 aliphatic carbocycles. The molecule has 29 heavy (non-hydrogen) atoms. The highest BCUT2D eigenvalue weighted by Gasteiger charge is 2.06. The Morgan fingerprint density at radius 2 is 1.69 bits per heavy atom. The fraction of sp³-hybridized carbons (Fsp3) is 0.381. The summed E-state index contributed by atoms with van der Waals surface area (Å²) in [5.41, 5.74) is 2.13. The van der Waals surface area contributed by atoms with Gasteiger partial charge < -0.3 is 30.0 Å². The number of nitrogens with one attached hydrogen (secondary N) is 2. The molecule has 0 bridgehead atoms. The molecule has 0 saturated heterocycles. The second-order valence-electron chi connectivity index (χ2n) is 5.95. The van der Waals surface area contributed by atoms with Crippen LogP contribution in [0.3, 0.4) is 0 Å². The smallest absolute Gasteiger partial charge is 0.191 e. The number of aliphatic hydroxyl groups is 1. The van der Waals surface area contributed by atoms with Crippen LogP contribution in [0.15, 0.2) is 47.5 Å². The van der Waals surface area contributed by atoms with Crippen LogP contribution in [0.1, 0.15) is 18.1 Å². The van der Waals surface area contributed by atoms with Crippen molar-refractivity contribution in [2.24, 2.45) is 4.99 Å². The van der Waals surface area contributed by atoms with E-state index in [0.29, 0.717) is 24.6 Å². The van der Waals surface area contributed by atoms with Gasteiger partial charge in [0.15, 0.2) is 17.5 Å². The molecule has 7 nitrogen and oxygen atoms in total. The first-order chi connectivity index (χ1) is 13.7. The topological polar surface area (TPSA) is 84.3 Å². The standard InChI is InChI=1S/C21H29N3O4.HI/c1-4-22-21(23-14-16-5-8-18(26-2)9-6-16)24-15-17-7-10-19(28-12-11-25)20(13-17)27-3;/h5-10,13,25H,4,11-12,14-15H2,1-3H3,(H2,22,23,24);1H. The minimum absolute atomic E-state index is 0. The van der Waals surface area contributed by atoms with E-state index in [9.17, 15) is 0 Å². The van der Waals surface area contributed by atoms with Crippen molar-refractivity contribution in [2.75, 3.05) is 34.0 Å². The van der Waals surface area contributed by atoms with E-state index in [2.05, 4.69) is 15.6 Å². The third-order valence-electron chi connectivity index (χ3n) is 3.96. The number of hydrogen-bond donors (Lipinski definition) is 3. The molecule has 8 heteroatoms. The Labute approximate surface area is 189 Å². The van der Waals surface area contributed by atoms with Crippen LogP contribution in [0.2, 0.25) is 0 Å². The zero-order valence-electron chi connectivity index (χ0n) is 17.1. The minimum Gasteiger partial charge on any atom is -0.497 e. The summed E-state index contributed by atoms with van der Waals surface area (Å²) in [6.07, 6.45) is 0. The van der Waals surface area contributed by atoms with Crippen molar-refractivity contribution in [3.8, 4) is 17.2 Å². The van der Waals surface area contributed by atoms with Crippen LogP contribution in [-0.2, 0) is 13.1 Å². The minimum atomic E-state index is -0.0406. The van der Waals surface area contributed by atoms with E-state index >= 15 is 0 Å². The van der Waals surface area contributed by atoms with Crippen LogP contribution in [0, 0.1) is 0 Å². The molecule has 2 aromatic rings. The highest BCUT2D eigenvalue weighted by molar-refractivity contribution is 14.0. The molecule has 3 N–H and O–H groups in total. The molecule has 0 atom stereocenters. The number of hydrogen-bond acceptors (Lipinski definition) is 5. The second kappa shape index (κ2) is 13.9. The molecular weight excluding hydrogens is 485 g/mol. The summed E-state index contributed by atoms with van der Waals surface area (Å²) in [5.74, 6) is 2.80. The summed E-state index contributed by atoms with van der Waals surface area (Å²) in [5, 5.41) is 15.5. The second-order valence-corrected chi connectivity index (χ2v) is 5.95. The first-order valence-corrected chi connectivity index (χ1v) is 9.25. The van der Waals surface area contributed by atoms with Crippen LogP contribution < -0.4 is 24.8 Å². The molecule has 2 aromatic carbocycles. The number of methoxy groups -OCH3 is 2. The first kappa shape index (κ1) is 24.8. The first-order valence-electron chi connectivity index (χ1n) is 9.25. The predicted molar refractivity (Wildman–Crippen MR) is 126 cm³/mol. The molecule has 0 aliphatic rings. The number of ether oxygens (including phenoxy) is 3. The van der Waals surface area contributed by atoms with Gasteiger partial charge in [0.1, 0.15) is 12.4 Å². The van der Waals surface area contributed by atoms with E-state index in [1.807, 2.05) is 49.4 Å². The number of aliphatic imine (C=N–C) groups is 1. The van der Waals surface area contributed by atoms with Gasteiger partial charge in [-0.3, -0.25) is 0 Å². The Bertz CT molecular complexity index is 754. The molecule has 0 radical (unpaired) electrons. The zero-order chi connectivity index (χ0) is 20.2. The van der Waals surface area contributed by atoms with Crippen molar-refractivity contribution >= 4 is 29.9 Å². The maximum Gasteiger partial charge on any atom is 0.191 e. The lowest BCUT2D eigenvalue weighted by atomic mass is 10.2. The van der Waals surface area contributed by atoms with Crippen molar-refractivity contribution in [3.63, 3.8) is 0 Å². The van der Waals surface area contributed by atoms with E-state index in [0.717, 1.165) is 29.4 Å². The summed E-state index contributed by atoms with van der Waals surface area (Å²) in [6, 6.07) is 13.6. The van der Waals surface area contributed by atoms with Gasteiger partial charge in [0, 0.05) is 13.1 Å². The Morgan fingerprint density at radius 1 is 0.966 bits per heavy atom. The van der Waals surface area contributed by atoms with Gasteiger partial charge in [0.2, 0.25) is 0 Å². The molecule has 0 fully saturated rings. The van der Waals surface area contributed by atoms with Gasteiger partial charge >= 0.3 is 0 Å². The quantitative estimate of drug-likeness (QED) is 0.257. The van der Waals surface area contributed by atoms with Gasteiger partial charge in [-0.2, -0.15) is 0 Å². The summed E-state index contributed by atoms with van der Waals surface area (Å²) >= 11 is 0. The Morgan fingerprint density at radius 3 is 2.31 bits per heavy atom. The fourth-order valence-corrected chi connectivity index (χ4v) is 2.53. The molecule has 160 valence electrons. The van der Waals surface area contributed by atoms with E-state index < -0.39 is 0 Å². The summed E-state index contributed by atoms with van der Waals surface area (Å²) < 4.78 is 16.0. The number of nitrogens with zero attached hydrogens (tertiary/aromatic N) is 1. The van der Waals surface area contributed by atoms with Gasteiger partial charge in [-0.25, -0.2) is 4.99 Å². The van der Waals surface area contributed by atoms with Crippen molar-refractivity contribution in [1.82, 2.24) is 10.6 Å². The van der Waals surface area contributed by atoms with Gasteiger partial charge in [-0.1, -0.05) is 18.2 Å². The summed E-state index contributed by atoms with van der Waals surface area (Å²) in [6.45, 7) is 4.14. The van der Waals surface area contributed by atoms with E-state index in [1.165, 1.54) is 0 Å². The number of halogens is 1. The third kappa shape index (κ3) is 8.36. The number of aliphatic hydroxyl groups excluding tert-OH is 1. The zero-order valence-corrected chi connectivity index (χ0v) is 19.4. The van der Waals surface area contributed by atoms with E-state index in [-0.39, 0.29) is 37.2 Å². The maximum atomic E-state index is 8.90. The molecule has 0 unspecified atom stereocenters. The van der Waals surface area contributed by atoms with Crippen LogP contribution in [-0.4, -0.2) is 45.0 Å². The van der Waals surface area contributed by atoms with Crippen LogP contribution in [0.4, 0.5) is 0 Å². The molecular formula is C21H30IN3O4. The Kier molecular flexibility index (Phi) is 11.9. The van der Waals surface area contributed by atoms with Gasteiger partial charge in [-0.05, 0) is 42.3 Å². The largest absolute Gasteiger partial charge is 0.497 e. The van der Waals surface area contributed by atoms with Gasteiger partial charge in [0.05, 0.1) is 27.4 Å². The average Bonchev–Trinajstić information content (AvgIpc) is 2.74. The van der Waals surface area contributed by atoms with Crippen molar-refractivity contribution in [3.05, 3.63) is 53.6 Å². The van der Waals surface area contributed by atoms with Crippen molar-refractivity contribution < 1.29 is 19.3 Å². The third-order valence-corrected chi connectivity index (χ3v) is 3.96. The van der Waals surface area contributed by atoms with Crippen molar-refractivity contribution in [1.29, 1.82) is 0 Å². The number of benzene rings is 2. The lowest BCUT2D eigenvalue weighted by Crippen LogP contribution is -2.36. The van der Waals surface area contributed by atoms with E-state index in [1.54, 1.807) is 14.2 Å². The monoisotopic (exact) mass is 515 g/mol. The maximum absolute atomic E-state index is 8.90. The van der Waals surface area contributed by atoms with Crippen LogP contribution in [0.25, 0.3) is 0 Å². The molecule has 0 spiro atoms. The predicted octanol–water partition coefficient (Wildman–Crippen LogP) is 2.95. The lowest BCUT2D eigenvalue weighted by Gasteiger charge is -2.13. The summed E-state index contributed by atoms with van der Waals surface area (Å²) in [7, 11) is 3.25. The van der Waals surface area contributed by atoms with E-state index in [4.69, 9.17) is 19.3 Å². The normalized spacial score (nSPS) is 10.7. The molecule has 0 saturated carbocycles. The number of rotatable bonds is 10. The van der Waals surface area contributed by atoms with Crippen molar-refractivity contribution in [2.45, 2.75) is 20.0 Å². The lowest BCUT2D eigenvalue weighted by molar-refractivity contribution is 0.196. The molecule has 2 rings (SSSR count). The molecule has 0 aromatic heterocycles. The number of guanidine groups is 1. The highest BCUT2D eigenvalue weighted by Crippen LogP contribution is 2.28. The molecule has 0 aliphatic heterocycles. The highest BCUT2D eigenvalue weighted by atomic mass is 127.